The van der Waals surface area contributed by atoms with Crippen molar-refractivity contribution in [2.24, 2.45) is 5.92 Å². The van der Waals surface area contributed by atoms with Gasteiger partial charge >= 0.3 is 6.03 Å². The van der Waals surface area contributed by atoms with Crippen LogP contribution in [0.4, 0.5) is 9.18 Å². The van der Waals surface area contributed by atoms with E-state index in [1.165, 1.54) is 6.07 Å². The molecular weight excluding hydrogens is 327 g/mol. The van der Waals surface area contributed by atoms with E-state index in [0.29, 0.717) is 31.4 Å². The molecular formula is C18H21FN2O2S. The molecule has 3 N–H and O–H groups in total. The molecule has 1 atom stereocenters. The molecule has 2 aromatic rings. The second-order valence-electron chi connectivity index (χ2n) is 6.12. The van der Waals surface area contributed by atoms with Crippen molar-refractivity contribution < 1.29 is 14.3 Å². The SMILES string of the molecule is O=C(NCCc1ccccc1F)N[C@H](c1cccs1)C1CC(O)C1. The highest BCUT2D eigenvalue weighted by Gasteiger charge is 2.36. The summed E-state index contributed by atoms with van der Waals surface area (Å²) in [4.78, 5) is 13.3. The number of thiophene rings is 1. The average Bonchev–Trinajstić information content (AvgIpc) is 3.06. The molecule has 0 aliphatic heterocycles. The Labute approximate surface area is 144 Å². The summed E-state index contributed by atoms with van der Waals surface area (Å²) in [6.45, 7) is 0.372. The van der Waals surface area contributed by atoms with Crippen LogP contribution in [0.5, 0.6) is 0 Å². The van der Waals surface area contributed by atoms with E-state index in [1.807, 2.05) is 17.5 Å². The van der Waals surface area contributed by atoms with E-state index in [9.17, 15) is 14.3 Å². The monoisotopic (exact) mass is 348 g/mol. The fourth-order valence-electron chi connectivity index (χ4n) is 3.00. The standard InChI is InChI=1S/C18H21FN2O2S/c19-15-5-2-1-4-12(15)7-8-20-18(23)21-17(13-10-14(22)11-13)16-6-3-9-24-16/h1-6,9,13-14,17,22H,7-8,10-11H2,(H2,20,21,23)/t13?,14?,17-/m0/s1. The molecule has 1 aromatic heterocycles. The van der Waals surface area contributed by atoms with Crippen molar-refractivity contribution in [2.45, 2.75) is 31.4 Å². The van der Waals surface area contributed by atoms with Gasteiger partial charge in [-0.1, -0.05) is 24.3 Å². The lowest BCUT2D eigenvalue weighted by molar-refractivity contribution is 0.0265. The van der Waals surface area contributed by atoms with Crippen molar-refractivity contribution in [1.29, 1.82) is 0 Å². The van der Waals surface area contributed by atoms with Crippen molar-refractivity contribution in [3.8, 4) is 0 Å². The van der Waals surface area contributed by atoms with E-state index >= 15 is 0 Å². The number of urea groups is 1. The van der Waals surface area contributed by atoms with E-state index in [2.05, 4.69) is 10.6 Å². The number of aliphatic hydroxyl groups is 1. The molecule has 3 rings (SSSR count). The number of rotatable bonds is 6. The van der Waals surface area contributed by atoms with Gasteiger partial charge in [-0.25, -0.2) is 9.18 Å². The van der Waals surface area contributed by atoms with Crippen LogP contribution in [0, 0.1) is 11.7 Å². The van der Waals surface area contributed by atoms with E-state index in [1.54, 1.807) is 29.5 Å². The number of hydrogen-bond donors (Lipinski definition) is 3. The highest BCUT2D eigenvalue weighted by molar-refractivity contribution is 7.10. The smallest absolute Gasteiger partial charge is 0.315 e. The van der Waals surface area contributed by atoms with Crippen LogP contribution in [-0.2, 0) is 6.42 Å². The number of nitrogens with one attached hydrogen (secondary N) is 2. The van der Waals surface area contributed by atoms with Gasteiger partial charge in [0, 0.05) is 11.4 Å². The van der Waals surface area contributed by atoms with Gasteiger partial charge < -0.3 is 15.7 Å². The zero-order valence-corrected chi connectivity index (χ0v) is 14.1. The number of benzene rings is 1. The fraction of sp³-hybridized carbons (Fsp3) is 0.389. The minimum Gasteiger partial charge on any atom is -0.393 e. The lowest BCUT2D eigenvalue weighted by Crippen LogP contribution is -2.45. The van der Waals surface area contributed by atoms with Gasteiger partial charge in [-0.05, 0) is 48.3 Å². The minimum atomic E-state index is -0.261. The second kappa shape index (κ2) is 7.77. The number of hydrogen-bond acceptors (Lipinski definition) is 3. The third-order valence-corrected chi connectivity index (χ3v) is 5.35. The summed E-state index contributed by atoms with van der Waals surface area (Å²) in [5, 5.41) is 17.3. The summed E-state index contributed by atoms with van der Waals surface area (Å²) >= 11 is 1.60. The average molecular weight is 348 g/mol. The first-order chi connectivity index (χ1) is 11.6. The Morgan fingerprint density at radius 1 is 1.29 bits per heavy atom. The first-order valence-corrected chi connectivity index (χ1v) is 9.00. The summed E-state index contributed by atoms with van der Waals surface area (Å²) in [6, 6.07) is 10.2. The largest absolute Gasteiger partial charge is 0.393 e. The molecule has 24 heavy (non-hydrogen) atoms. The quantitative estimate of drug-likeness (QED) is 0.750. The lowest BCUT2D eigenvalue weighted by Gasteiger charge is -2.37. The third kappa shape index (κ3) is 4.13. The molecule has 2 amide bonds. The molecule has 0 bridgehead atoms. The molecule has 1 heterocycles. The second-order valence-corrected chi connectivity index (χ2v) is 7.10. The van der Waals surface area contributed by atoms with E-state index in [4.69, 9.17) is 0 Å². The summed E-state index contributed by atoms with van der Waals surface area (Å²) in [6.07, 6.45) is 1.60. The molecule has 0 spiro atoms. The van der Waals surface area contributed by atoms with Crippen LogP contribution in [0.25, 0.3) is 0 Å². The highest BCUT2D eigenvalue weighted by atomic mass is 32.1. The number of amides is 2. The molecule has 4 nitrogen and oxygen atoms in total. The molecule has 0 saturated heterocycles. The van der Waals surface area contributed by atoms with E-state index in [-0.39, 0.29) is 29.9 Å². The fourth-order valence-corrected chi connectivity index (χ4v) is 3.87. The van der Waals surface area contributed by atoms with Gasteiger partial charge in [0.25, 0.3) is 0 Å². The maximum atomic E-state index is 13.6. The van der Waals surface area contributed by atoms with Crippen LogP contribution < -0.4 is 10.6 Å². The van der Waals surface area contributed by atoms with Gasteiger partial charge in [0.1, 0.15) is 5.82 Å². The number of halogens is 1. The highest BCUT2D eigenvalue weighted by Crippen LogP contribution is 2.39. The predicted octanol–water partition coefficient (Wildman–Crippen LogP) is 3.24. The third-order valence-electron chi connectivity index (χ3n) is 4.40. The Bertz CT molecular complexity index is 671. The van der Waals surface area contributed by atoms with Crippen LogP contribution >= 0.6 is 11.3 Å². The predicted molar refractivity (Wildman–Crippen MR) is 92.4 cm³/mol. The van der Waals surface area contributed by atoms with Gasteiger partial charge in [0.15, 0.2) is 0 Å². The van der Waals surface area contributed by atoms with Crippen molar-refractivity contribution in [2.75, 3.05) is 6.54 Å². The van der Waals surface area contributed by atoms with Crippen LogP contribution in [0.1, 0.15) is 29.3 Å². The van der Waals surface area contributed by atoms with Gasteiger partial charge in [-0.15, -0.1) is 11.3 Å². The summed E-state index contributed by atoms with van der Waals surface area (Å²) in [7, 11) is 0. The van der Waals surface area contributed by atoms with Crippen LogP contribution in [0.2, 0.25) is 0 Å². The van der Waals surface area contributed by atoms with Gasteiger partial charge in [0.05, 0.1) is 12.1 Å². The van der Waals surface area contributed by atoms with Crippen LogP contribution in [-0.4, -0.2) is 23.8 Å². The zero-order valence-electron chi connectivity index (χ0n) is 13.2. The molecule has 1 aromatic carbocycles. The first kappa shape index (κ1) is 16.9. The molecule has 0 radical (unpaired) electrons. The Kier molecular flexibility index (Phi) is 5.48. The lowest BCUT2D eigenvalue weighted by atomic mass is 9.77. The van der Waals surface area contributed by atoms with Crippen molar-refractivity contribution in [3.05, 3.63) is 58.0 Å². The van der Waals surface area contributed by atoms with E-state index < -0.39 is 0 Å². The van der Waals surface area contributed by atoms with Gasteiger partial charge in [0.2, 0.25) is 0 Å². The minimum absolute atomic E-state index is 0.0816. The van der Waals surface area contributed by atoms with Crippen molar-refractivity contribution in [1.82, 2.24) is 10.6 Å². The maximum Gasteiger partial charge on any atom is 0.315 e. The molecule has 128 valence electrons. The van der Waals surface area contributed by atoms with Gasteiger partial charge in [-0.3, -0.25) is 0 Å². The Hall–Kier alpha value is -1.92. The van der Waals surface area contributed by atoms with Crippen LogP contribution in [0.15, 0.2) is 41.8 Å². The summed E-state index contributed by atoms with van der Waals surface area (Å²) < 4.78 is 13.6. The Morgan fingerprint density at radius 3 is 2.75 bits per heavy atom. The molecule has 0 unspecified atom stereocenters. The Morgan fingerprint density at radius 2 is 2.08 bits per heavy atom. The Balaban J connectivity index is 1.51. The van der Waals surface area contributed by atoms with Gasteiger partial charge in [-0.2, -0.15) is 0 Å². The normalized spacial score (nSPS) is 20.9. The zero-order chi connectivity index (χ0) is 16.9. The maximum absolute atomic E-state index is 13.6. The van der Waals surface area contributed by atoms with Crippen LogP contribution in [0.3, 0.4) is 0 Å². The van der Waals surface area contributed by atoms with E-state index in [0.717, 1.165) is 4.88 Å². The first-order valence-electron chi connectivity index (χ1n) is 8.12. The summed E-state index contributed by atoms with van der Waals surface area (Å²) in [5.74, 6) is 0.00981. The molecule has 1 fully saturated rings. The van der Waals surface area contributed by atoms with Crippen molar-refractivity contribution >= 4 is 17.4 Å². The molecule has 6 heteroatoms. The number of carbonyl (C=O) groups is 1. The summed E-state index contributed by atoms with van der Waals surface area (Å²) in [5.41, 5.74) is 0.592. The molecule has 1 aliphatic rings. The molecule has 1 saturated carbocycles. The number of aliphatic hydroxyl groups excluding tert-OH is 1. The molecule has 1 aliphatic carbocycles. The topological polar surface area (TPSA) is 61.4 Å². The van der Waals surface area contributed by atoms with Crippen molar-refractivity contribution in [3.63, 3.8) is 0 Å². The number of carbonyl (C=O) groups excluding carboxylic acids is 1.